The van der Waals surface area contributed by atoms with Gasteiger partial charge in [0.2, 0.25) is 5.91 Å². The van der Waals surface area contributed by atoms with E-state index in [4.69, 9.17) is 27.9 Å². The summed E-state index contributed by atoms with van der Waals surface area (Å²) in [5, 5.41) is 3.60. The van der Waals surface area contributed by atoms with Gasteiger partial charge in [-0.3, -0.25) is 14.5 Å². The van der Waals surface area contributed by atoms with Gasteiger partial charge in [-0.15, -0.1) is 0 Å². The van der Waals surface area contributed by atoms with Crippen LogP contribution < -0.4 is 5.32 Å². The van der Waals surface area contributed by atoms with Crippen molar-refractivity contribution >= 4 is 40.8 Å². The molecule has 2 aromatic rings. The standard InChI is InChI=1S/C20H20Cl2N2O3/c1-27-20(26)18(24-7-6-13-4-2-3-5-14(13)12-24)11-19(25)23-17-9-15(21)8-16(22)10-17/h2-5,8-10,18H,6-7,11-12H2,1H3,(H,23,25)/t18-/m1/s1. The average Bonchev–Trinajstić information content (AvgIpc) is 2.64. The molecule has 1 aliphatic heterocycles. The average molecular weight is 407 g/mol. The van der Waals surface area contributed by atoms with Crippen LogP contribution in [0.3, 0.4) is 0 Å². The highest BCUT2D eigenvalue weighted by Crippen LogP contribution is 2.24. The number of esters is 1. The largest absolute Gasteiger partial charge is 0.468 e. The summed E-state index contributed by atoms with van der Waals surface area (Å²) in [6.07, 6.45) is 0.814. The Morgan fingerprint density at radius 3 is 2.48 bits per heavy atom. The van der Waals surface area contributed by atoms with E-state index >= 15 is 0 Å². The fourth-order valence-corrected chi connectivity index (χ4v) is 3.82. The number of methoxy groups -OCH3 is 1. The minimum atomic E-state index is -0.655. The first kappa shape index (κ1) is 19.7. The molecule has 0 saturated heterocycles. The minimum Gasteiger partial charge on any atom is -0.468 e. The molecule has 0 radical (unpaired) electrons. The van der Waals surface area contributed by atoms with Gasteiger partial charge in [-0.2, -0.15) is 0 Å². The Morgan fingerprint density at radius 2 is 1.81 bits per heavy atom. The van der Waals surface area contributed by atoms with Crippen LogP contribution in [0.5, 0.6) is 0 Å². The van der Waals surface area contributed by atoms with Crippen molar-refractivity contribution in [3.05, 3.63) is 63.6 Å². The molecule has 0 saturated carbocycles. The van der Waals surface area contributed by atoms with Gasteiger partial charge in [0.1, 0.15) is 6.04 Å². The zero-order chi connectivity index (χ0) is 19.4. The first-order chi connectivity index (χ1) is 13.0. The molecular formula is C20H20Cl2N2O3. The van der Waals surface area contributed by atoms with Crippen LogP contribution >= 0.6 is 23.2 Å². The summed E-state index contributed by atoms with van der Waals surface area (Å²) in [6, 6.07) is 12.3. The summed E-state index contributed by atoms with van der Waals surface area (Å²) in [4.78, 5) is 26.8. The Hall–Kier alpha value is -2.08. The van der Waals surface area contributed by atoms with E-state index in [0.717, 1.165) is 6.42 Å². The van der Waals surface area contributed by atoms with Crippen LogP contribution in [-0.2, 0) is 27.3 Å². The molecule has 0 fully saturated rings. The van der Waals surface area contributed by atoms with E-state index in [2.05, 4.69) is 11.4 Å². The number of amides is 1. The monoisotopic (exact) mass is 406 g/mol. The first-order valence-corrected chi connectivity index (χ1v) is 9.36. The number of benzene rings is 2. The van der Waals surface area contributed by atoms with Crippen molar-refractivity contribution in [2.24, 2.45) is 0 Å². The van der Waals surface area contributed by atoms with Crippen molar-refractivity contribution in [3.63, 3.8) is 0 Å². The van der Waals surface area contributed by atoms with Gasteiger partial charge in [0.25, 0.3) is 0 Å². The van der Waals surface area contributed by atoms with Gasteiger partial charge in [0.15, 0.2) is 0 Å². The predicted molar refractivity (Wildman–Crippen MR) is 106 cm³/mol. The Balaban J connectivity index is 1.72. The first-order valence-electron chi connectivity index (χ1n) is 8.61. The molecule has 7 heteroatoms. The molecule has 1 atom stereocenters. The Bertz CT molecular complexity index is 837. The lowest BCUT2D eigenvalue weighted by Gasteiger charge is -2.33. The van der Waals surface area contributed by atoms with Gasteiger partial charge in [-0.05, 0) is 35.7 Å². The number of hydrogen-bond donors (Lipinski definition) is 1. The van der Waals surface area contributed by atoms with Crippen molar-refractivity contribution in [2.45, 2.75) is 25.4 Å². The number of fused-ring (bicyclic) bond motifs is 1. The molecule has 1 heterocycles. The molecule has 142 valence electrons. The van der Waals surface area contributed by atoms with Crippen LogP contribution in [0.1, 0.15) is 17.5 Å². The van der Waals surface area contributed by atoms with Gasteiger partial charge in [-0.1, -0.05) is 47.5 Å². The summed E-state index contributed by atoms with van der Waals surface area (Å²) in [5.41, 5.74) is 2.93. The maximum absolute atomic E-state index is 12.5. The summed E-state index contributed by atoms with van der Waals surface area (Å²) in [5.74, 6) is -0.726. The third-order valence-corrected chi connectivity index (χ3v) is 5.04. The highest BCUT2D eigenvalue weighted by atomic mass is 35.5. The second-order valence-corrected chi connectivity index (χ2v) is 7.31. The van der Waals surface area contributed by atoms with E-state index < -0.39 is 12.0 Å². The van der Waals surface area contributed by atoms with E-state index in [0.29, 0.717) is 28.8 Å². The third-order valence-electron chi connectivity index (χ3n) is 4.60. The van der Waals surface area contributed by atoms with Crippen LogP contribution in [0, 0.1) is 0 Å². The van der Waals surface area contributed by atoms with Crippen LogP contribution in [0.2, 0.25) is 10.0 Å². The lowest BCUT2D eigenvalue weighted by Crippen LogP contribution is -2.46. The molecular weight excluding hydrogens is 387 g/mol. The summed E-state index contributed by atoms with van der Waals surface area (Å²) in [6.45, 7) is 1.29. The van der Waals surface area contributed by atoms with Crippen LogP contribution in [0.25, 0.3) is 0 Å². The zero-order valence-electron chi connectivity index (χ0n) is 14.9. The molecule has 0 bridgehead atoms. The SMILES string of the molecule is COC(=O)[C@@H](CC(=O)Nc1cc(Cl)cc(Cl)c1)N1CCc2ccccc2C1. The molecule has 2 aromatic carbocycles. The smallest absolute Gasteiger partial charge is 0.323 e. The molecule has 1 aliphatic rings. The molecule has 0 unspecified atom stereocenters. The fraction of sp³-hybridized carbons (Fsp3) is 0.300. The molecule has 27 heavy (non-hydrogen) atoms. The number of halogens is 2. The summed E-state index contributed by atoms with van der Waals surface area (Å²) >= 11 is 11.9. The number of hydrogen-bond acceptors (Lipinski definition) is 4. The van der Waals surface area contributed by atoms with E-state index in [9.17, 15) is 9.59 Å². The number of anilines is 1. The summed E-state index contributed by atoms with van der Waals surface area (Å²) < 4.78 is 4.94. The molecule has 0 aliphatic carbocycles. The quantitative estimate of drug-likeness (QED) is 0.764. The van der Waals surface area contributed by atoms with Gasteiger partial charge in [0.05, 0.1) is 13.5 Å². The number of nitrogens with one attached hydrogen (secondary N) is 1. The lowest BCUT2D eigenvalue weighted by molar-refractivity contribution is -0.149. The Labute approximate surface area is 168 Å². The maximum atomic E-state index is 12.5. The molecule has 3 rings (SSSR count). The number of ether oxygens (including phenoxy) is 1. The minimum absolute atomic E-state index is 0.0149. The van der Waals surface area contributed by atoms with Gasteiger partial charge >= 0.3 is 5.97 Å². The Morgan fingerprint density at radius 1 is 1.15 bits per heavy atom. The van der Waals surface area contributed by atoms with Crippen molar-refractivity contribution in [2.75, 3.05) is 19.0 Å². The number of rotatable bonds is 5. The van der Waals surface area contributed by atoms with Crippen molar-refractivity contribution in [1.82, 2.24) is 4.90 Å². The van der Waals surface area contributed by atoms with Crippen molar-refractivity contribution in [3.8, 4) is 0 Å². The van der Waals surface area contributed by atoms with Crippen molar-refractivity contribution in [1.29, 1.82) is 0 Å². The van der Waals surface area contributed by atoms with Crippen LogP contribution in [0.4, 0.5) is 5.69 Å². The molecule has 1 N–H and O–H groups in total. The maximum Gasteiger partial charge on any atom is 0.323 e. The Kier molecular flexibility index (Phi) is 6.37. The highest BCUT2D eigenvalue weighted by molar-refractivity contribution is 6.35. The van der Waals surface area contributed by atoms with E-state index in [1.807, 2.05) is 23.1 Å². The third kappa shape index (κ3) is 5.01. The fourth-order valence-electron chi connectivity index (χ4n) is 3.29. The van der Waals surface area contributed by atoms with Crippen LogP contribution in [0.15, 0.2) is 42.5 Å². The predicted octanol–water partition coefficient (Wildman–Crippen LogP) is 3.92. The topological polar surface area (TPSA) is 58.6 Å². The number of carbonyl (C=O) groups is 2. The van der Waals surface area contributed by atoms with Gasteiger partial charge in [0, 0.05) is 28.8 Å². The second-order valence-electron chi connectivity index (χ2n) is 6.44. The van der Waals surface area contributed by atoms with Gasteiger partial charge < -0.3 is 10.1 Å². The normalized spacial score (nSPS) is 14.9. The van der Waals surface area contributed by atoms with Gasteiger partial charge in [-0.25, -0.2) is 0 Å². The second kappa shape index (κ2) is 8.74. The molecule has 0 aromatic heterocycles. The van der Waals surface area contributed by atoms with Crippen molar-refractivity contribution < 1.29 is 14.3 Å². The molecule has 0 spiro atoms. The molecule has 1 amide bonds. The van der Waals surface area contributed by atoms with Crippen LogP contribution in [-0.4, -0.2) is 36.5 Å². The summed E-state index contributed by atoms with van der Waals surface area (Å²) in [7, 11) is 1.34. The highest BCUT2D eigenvalue weighted by Gasteiger charge is 2.31. The van der Waals surface area contributed by atoms with E-state index in [-0.39, 0.29) is 12.3 Å². The van der Waals surface area contributed by atoms with E-state index in [1.54, 1.807) is 18.2 Å². The lowest BCUT2D eigenvalue weighted by atomic mass is 9.98. The zero-order valence-corrected chi connectivity index (χ0v) is 16.4. The van der Waals surface area contributed by atoms with E-state index in [1.165, 1.54) is 18.2 Å². The number of nitrogens with zero attached hydrogens (tertiary/aromatic N) is 1. The number of carbonyl (C=O) groups excluding carboxylic acids is 2. The molecule has 5 nitrogen and oxygen atoms in total.